The highest BCUT2D eigenvalue weighted by atomic mass is 35.5. The lowest BCUT2D eigenvalue weighted by molar-refractivity contribution is -0.384. The van der Waals surface area contributed by atoms with Gasteiger partial charge in [0.15, 0.2) is 0 Å². The summed E-state index contributed by atoms with van der Waals surface area (Å²) in [6.07, 6.45) is 0.188. The summed E-state index contributed by atoms with van der Waals surface area (Å²) in [7, 11) is 0. The van der Waals surface area contributed by atoms with Crippen LogP contribution in [0.4, 0.5) is 5.69 Å². The van der Waals surface area contributed by atoms with Crippen LogP contribution in [0.15, 0.2) is 35.7 Å². The highest BCUT2D eigenvalue weighted by Gasteiger charge is 2.23. The van der Waals surface area contributed by atoms with Crippen molar-refractivity contribution < 1.29 is 14.8 Å². The van der Waals surface area contributed by atoms with Crippen LogP contribution in [0.2, 0.25) is 5.02 Å². The number of hydrogen-bond donors (Lipinski definition) is 1. The molecule has 0 radical (unpaired) electrons. The van der Waals surface area contributed by atoms with E-state index in [2.05, 4.69) is 0 Å². The molecular formula is C13H10ClNO4S. The molecule has 0 bridgehead atoms. The van der Waals surface area contributed by atoms with Gasteiger partial charge in [0.1, 0.15) is 5.02 Å². The summed E-state index contributed by atoms with van der Waals surface area (Å²) in [5.74, 6) is -1.67. The normalized spacial score (nSPS) is 12.1. The second-order valence-corrected chi connectivity index (χ2v) is 5.54. The van der Waals surface area contributed by atoms with Gasteiger partial charge in [-0.3, -0.25) is 14.9 Å². The molecule has 5 nitrogen and oxygen atoms in total. The van der Waals surface area contributed by atoms with Crippen LogP contribution in [0.5, 0.6) is 0 Å². The minimum Gasteiger partial charge on any atom is -0.481 e. The maximum Gasteiger partial charge on any atom is 0.312 e. The molecule has 1 unspecified atom stereocenters. The van der Waals surface area contributed by atoms with Gasteiger partial charge in [0, 0.05) is 10.9 Å². The number of nitrogens with zero attached hydrogens (tertiary/aromatic N) is 1. The number of nitro groups is 1. The third kappa shape index (κ3) is 3.15. The van der Waals surface area contributed by atoms with Gasteiger partial charge < -0.3 is 5.11 Å². The van der Waals surface area contributed by atoms with Gasteiger partial charge in [-0.15, -0.1) is 11.3 Å². The highest BCUT2D eigenvalue weighted by Crippen LogP contribution is 2.30. The summed E-state index contributed by atoms with van der Waals surface area (Å²) >= 11 is 7.09. The van der Waals surface area contributed by atoms with E-state index in [1.807, 2.05) is 0 Å². The summed E-state index contributed by atoms with van der Waals surface area (Å²) in [5, 5.41) is 22.0. The van der Waals surface area contributed by atoms with E-state index in [1.165, 1.54) is 23.5 Å². The smallest absolute Gasteiger partial charge is 0.312 e. The van der Waals surface area contributed by atoms with E-state index < -0.39 is 16.8 Å². The van der Waals surface area contributed by atoms with Crippen LogP contribution < -0.4 is 0 Å². The molecule has 0 amide bonds. The first-order valence-corrected chi connectivity index (χ1v) is 6.94. The lowest BCUT2D eigenvalue weighted by atomic mass is 9.97. The molecule has 1 aromatic heterocycles. The molecular weight excluding hydrogens is 302 g/mol. The molecule has 7 heteroatoms. The van der Waals surface area contributed by atoms with Crippen molar-refractivity contribution in [2.75, 3.05) is 0 Å². The third-order valence-corrected chi connectivity index (χ3v) is 4.14. The Kier molecular flexibility index (Phi) is 4.36. The molecule has 0 fully saturated rings. The molecule has 1 N–H and O–H groups in total. The number of thiophene rings is 1. The standard InChI is InChI=1S/C13H10ClNO4S/c14-10-4-3-8(7-11(10)15(18)19)6-9(13(16)17)12-2-1-5-20-12/h1-5,7,9H,6H2,(H,16,17). The summed E-state index contributed by atoms with van der Waals surface area (Å²) in [6.45, 7) is 0. The molecule has 2 rings (SSSR count). The number of aliphatic carboxylic acids is 1. The van der Waals surface area contributed by atoms with Crippen LogP contribution in [0.25, 0.3) is 0 Å². The average Bonchev–Trinajstić information content (AvgIpc) is 2.90. The maximum absolute atomic E-state index is 11.3. The molecule has 0 aliphatic carbocycles. The van der Waals surface area contributed by atoms with Gasteiger partial charge in [0.2, 0.25) is 0 Å². The van der Waals surface area contributed by atoms with Gasteiger partial charge in [0.25, 0.3) is 5.69 Å². The van der Waals surface area contributed by atoms with Gasteiger partial charge in [-0.05, 0) is 29.5 Å². The number of rotatable bonds is 5. The molecule has 0 aliphatic heterocycles. The molecule has 0 saturated carbocycles. The van der Waals surface area contributed by atoms with Crippen LogP contribution in [0, 0.1) is 10.1 Å². The molecule has 1 atom stereocenters. The Morgan fingerprint density at radius 2 is 2.20 bits per heavy atom. The lowest BCUT2D eigenvalue weighted by Gasteiger charge is -2.10. The Labute approximate surface area is 123 Å². The fourth-order valence-corrected chi connectivity index (χ4v) is 2.87. The lowest BCUT2D eigenvalue weighted by Crippen LogP contribution is -2.13. The van der Waals surface area contributed by atoms with Crippen LogP contribution in [-0.2, 0) is 11.2 Å². The molecule has 2 aromatic rings. The van der Waals surface area contributed by atoms with Gasteiger partial charge in [-0.2, -0.15) is 0 Å². The van der Waals surface area contributed by atoms with Gasteiger partial charge in [-0.1, -0.05) is 23.7 Å². The van der Waals surface area contributed by atoms with E-state index in [4.69, 9.17) is 11.6 Å². The minimum absolute atomic E-state index is 0.0433. The molecule has 0 saturated heterocycles. The van der Waals surface area contributed by atoms with E-state index in [0.717, 1.165) is 4.88 Å². The summed E-state index contributed by atoms with van der Waals surface area (Å²) in [4.78, 5) is 22.3. The SMILES string of the molecule is O=C(O)C(Cc1ccc(Cl)c([N+](=O)[O-])c1)c1cccs1. The predicted molar refractivity (Wildman–Crippen MR) is 76.5 cm³/mol. The first-order chi connectivity index (χ1) is 9.49. The number of benzene rings is 1. The molecule has 0 spiro atoms. The Morgan fingerprint density at radius 3 is 2.75 bits per heavy atom. The van der Waals surface area contributed by atoms with Crippen LogP contribution >= 0.6 is 22.9 Å². The molecule has 1 heterocycles. The Balaban J connectivity index is 2.30. The van der Waals surface area contributed by atoms with Crippen molar-refractivity contribution in [3.05, 3.63) is 61.3 Å². The Bertz CT molecular complexity index is 642. The number of carbonyl (C=O) groups is 1. The number of carboxylic acid groups (broad SMARTS) is 1. The van der Waals surface area contributed by atoms with E-state index in [1.54, 1.807) is 23.6 Å². The van der Waals surface area contributed by atoms with Gasteiger partial charge >= 0.3 is 5.97 Å². The summed E-state index contributed by atoms with van der Waals surface area (Å²) in [5.41, 5.74) is 0.362. The zero-order chi connectivity index (χ0) is 14.7. The number of nitro benzene ring substituents is 1. The first-order valence-electron chi connectivity index (χ1n) is 5.68. The quantitative estimate of drug-likeness (QED) is 0.674. The van der Waals surface area contributed by atoms with Crippen LogP contribution in [-0.4, -0.2) is 16.0 Å². The zero-order valence-electron chi connectivity index (χ0n) is 10.2. The number of hydrogen-bond acceptors (Lipinski definition) is 4. The first kappa shape index (κ1) is 14.5. The number of carboxylic acids is 1. The third-order valence-electron chi connectivity index (χ3n) is 2.83. The van der Waals surface area contributed by atoms with E-state index in [0.29, 0.717) is 5.56 Å². The van der Waals surface area contributed by atoms with Crippen molar-refractivity contribution in [2.24, 2.45) is 0 Å². The van der Waals surface area contributed by atoms with Crippen molar-refractivity contribution in [3.63, 3.8) is 0 Å². The highest BCUT2D eigenvalue weighted by molar-refractivity contribution is 7.10. The van der Waals surface area contributed by atoms with E-state index in [9.17, 15) is 20.0 Å². The van der Waals surface area contributed by atoms with E-state index in [-0.39, 0.29) is 17.1 Å². The predicted octanol–water partition coefficient (Wildman–Crippen LogP) is 3.72. The molecule has 104 valence electrons. The van der Waals surface area contributed by atoms with Crippen molar-refractivity contribution in [1.29, 1.82) is 0 Å². The fourth-order valence-electron chi connectivity index (χ4n) is 1.86. The summed E-state index contributed by atoms with van der Waals surface area (Å²) < 4.78 is 0. The van der Waals surface area contributed by atoms with Crippen LogP contribution in [0.3, 0.4) is 0 Å². The second-order valence-electron chi connectivity index (χ2n) is 4.15. The second kappa shape index (κ2) is 6.02. The molecule has 20 heavy (non-hydrogen) atoms. The van der Waals surface area contributed by atoms with Crippen molar-refractivity contribution in [1.82, 2.24) is 0 Å². The number of halogens is 1. The summed E-state index contributed by atoms with van der Waals surface area (Å²) in [6, 6.07) is 7.88. The maximum atomic E-state index is 11.3. The van der Waals surface area contributed by atoms with Gasteiger partial charge in [0.05, 0.1) is 10.8 Å². The van der Waals surface area contributed by atoms with Crippen LogP contribution in [0.1, 0.15) is 16.4 Å². The van der Waals surface area contributed by atoms with E-state index >= 15 is 0 Å². The van der Waals surface area contributed by atoms with Crippen molar-refractivity contribution >= 4 is 34.6 Å². The average molecular weight is 312 g/mol. The zero-order valence-corrected chi connectivity index (χ0v) is 11.7. The van der Waals surface area contributed by atoms with Gasteiger partial charge in [-0.25, -0.2) is 0 Å². The Hall–Kier alpha value is -1.92. The molecule has 0 aliphatic rings. The topological polar surface area (TPSA) is 80.4 Å². The largest absolute Gasteiger partial charge is 0.481 e. The monoisotopic (exact) mass is 311 g/mol. The molecule has 1 aromatic carbocycles. The van der Waals surface area contributed by atoms with Crippen molar-refractivity contribution in [2.45, 2.75) is 12.3 Å². The van der Waals surface area contributed by atoms with Crippen molar-refractivity contribution in [3.8, 4) is 0 Å². The fraction of sp³-hybridized carbons (Fsp3) is 0.154. The Morgan fingerprint density at radius 1 is 1.45 bits per heavy atom. The minimum atomic E-state index is -0.954.